The molecule has 180 valence electrons. The van der Waals surface area contributed by atoms with Gasteiger partial charge in [-0.05, 0) is 29.5 Å². The molecule has 1 N–H and O–H groups in total. The van der Waals surface area contributed by atoms with E-state index in [4.69, 9.17) is 14.6 Å². The zero-order valence-electron chi connectivity index (χ0n) is 19.9. The van der Waals surface area contributed by atoms with Gasteiger partial charge in [0.05, 0.1) is 19.1 Å². The number of benzene rings is 2. The van der Waals surface area contributed by atoms with Gasteiger partial charge >= 0.3 is 0 Å². The highest BCUT2D eigenvalue weighted by Crippen LogP contribution is 2.46. The van der Waals surface area contributed by atoms with Crippen LogP contribution < -0.4 is 14.8 Å². The zero-order valence-corrected chi connectivity index (χ0v) is 19.9. The molecule has 2 heterocycles. The van der Waals surface area contributed by atoms with Crippen molar-refractivity contribution in [1.82, 2.24) is 14.8 Å². The Morgan fingerprint density at radius 3 is 2.60 bits per heavy atom. The fraction of sp³-hybridized carbons (Fsp3) is 0.320. The standard InChI is InChI=1S/C25H25N5O5/c1-25(2)12-17-21(18(31)13-25)22(14-8-9-19(34-3)20(11-14)35-4)29-24(26-17)27-23(28-29)15-6-5-7-16(10-15)30(32)33/h5-11,22H,12-13H2,1-4H3,(H,26,27,28). The summed E-state index contributed by atoms with van der Waals surface area (Å²) in [5.41, 5.74) is 2.51. The number of allylic oxidation sites excluding steroid dienone is 2. The van der Waals surface area contributed by atoms with Gasteiger partial charge in [-0.15, -0.1) is 5.10 Å². The number of ether oxygens (including phenoxy) is 2. The number of nitrogens with one attached hydrogen (secondary N) is 1. The van der Waals surface area contributed by atoms with E-state index in [9.17, 15) is 14.9 Å². The van der Waals surface area contributed by atoms with Gasteiger partial charge in [0.2, 0.25) is 5.95 Å². The minimum atomic E-state index is -0.537. The summed E-state index contributed by atoms with van der Waals surface area (Å²) < 4.78 is 12.6. The van der Waals surface area contributed by atoms with Gasteiger partial charge < -0.3 is 14.8 Å². The largest absolute Gasteiger partial charge is 0.493 e. The van der Waals surface area contributed by atoms with Gasteiger partial charge in [-0.3, -0.25) is 14.9 Å². The maximum absolute atomic E-state index is 13.4. The molecule has 2 aliphatic rings. The summed E-state index contributed by atoms with van der Waals surface area (Å²) in [6.45, 7) is 4.13. The Labute approximate surface area is 201 Å². The highest BCUT2D eigenvalue weighted by Gasteiger charge is 2.42. The van der Waals surface area contributed by atoms with Gasteiger partial charge in [-0.2, -0.15) is 4.98 Å². The molecule has 35 heavy (non-hydrogen) atoms. The molecule has 0 saturated heterocycles. The number of methoxy groups -OCH3 is 2. The van der Waals surface area contributed by atoms with E-state index in [1.54, 1.807) is 37.1 Å². The van der Waals surface area contributed by atoms with Crippen molar-refractivity contribution in [2.45, 2.75) is 32.7 Å². The number of nitrogens with zero attached hydrogens (tertiary/aromatic N) is 4. The number of aromatic nitrogens is 3. The molecule has 0 saturated carbocycles. The molecule has 2 aromatic carbocycles. The van der Waals surface area contributed by atoms with E-state index >= 15 is 0 Å². The number of carbonyl (C=O) groups excluding carboxylic acids is 1. The van der Waals surface area contributed by atoms with E-state index in [1.165, 1.54) is 12.1 Å². The lowest BCUT2D eigenvalue weighted by Gasteiger charge is -2.38. The first-order chi connectivity index (χ1) is 16.7. The Kier molecular flexibility index (Phi) is 5.31. The lowest BCUT2D eigenvalue weighted by molar-refractivity contribution is -0.384. The van der Waals surface area contributed by atoms with E-state index < -0.39 is 11.0 Å². The van der Waals surface area contributed by atoms with Crippen molar-refractivity contribution in [3.8, 4) is 22.9 Å². The van der Waals surface area contributed by atoms with Crippen LogP contribution in [0.3, 0.4) is 0 Å². The Hall–Kier alpha value is -4.21. The number of anilines is 1. The van der Waals surface area contributed by atoms with Crippen molar-refractivity contribution in [2.24, 2.45) is 5.41 Å². The Morgan fingerprint density at radius 2 is 1.89 bits per heavy atom. The topological polar surface area (TPSA) is 121 Å². The second kappa shape index (κ2) is 8.23. The smallest absolute Gasteiger partial charge is 0.270 e. The summed E-state index contributed by atoms with van der Waals surface area (Å²) in [5.74, 6) is 1.95. The lowest BCUT2D eigenvalue weighted by atomic mass is 9.73. The summed E-state index contributed by atoms with van der Waals surface area (Å²) in [6.07, 6.45) is 1.09. The summed E-state index contributed by atoms with van der Waals surface area (Å²) in [7, 11) is 3.13. The molecule has 10 heteroatoms. The maximum Gasteiger partial charge on any atom is 0.270 e. The first-order valence-electron chi connectivity index (χ1n) is 11.2. The number of ketones is 1. The van der Waals surface area contributed by atoms with Gasteiger partial charge in [-0.1, -0.05) is 32.0 Å². The van der Waals surface area contributed by atoms with Crippen molar-refractivity contribution >= 4 is 17.4 Å². The Morgan fingerprint density at radius 1 is 1.11 bits per heavy atom. The minimum absolute atomic E-state index is 0.0431. The molecule has 0 amide bonds. The van der Waals surface area contributed by atoms with Crippen LogP contribution in [0.4, 0.5) is 11.6 Å². The number of nitro groups is 1. The monoisotopic (exact) mass is 475 g/mol. The number of hydrogen-bond donors (Lipinski definition) is 1. The molecule has 10 nitrogen and oxygen atoms in total. The molecule has 3 aromatic rings. The summed E-state index contributed by atoms with van der Waals surface area (Å²) >= 11 is 0. The first kappa shape index (κ1) is 22.6. The van der Waals surface area contributed by atoms with Crippen LogP contribution in [0.2, 0.25) is 0 Å². The molecule has 0 radical (unpaired) electrons. The summed E-state index contributed by atoms with van der Waals surface area (Å²) in [5, 5.41) is 19.3. The highest BCUT2D eigenvalue weighted by atomic mass is 16.6. The maximum atomic E-state index is 13.4. The highest BCUT2D eigenvalue weighted by molar-refractivity contribution is 6.00. The third kappa shape index (κ3) is 3.90. The van der Waals surface area contributed by atoms with Gasteiger partial charge in [0.25, 0.3) is 5.69 Å². The van der Waals surface area contributed by atoms with Gasteiger partial charge in [-0.25, -0.2) is 4.68 Å². The quantitative estimate of drug-likeness (QED) is 0.422. The van der Waals surface area contributed by atoms with Crippen LogP contribution in [-0.4, -0.2) is 39.7 Å². The molecule has 1 aliphatic heterocycles. The number of carbonyl (C=O) groups is 1. The predicted octanol–water partition coefficient (Wildman–Crippen LogP) is 4.53. The Balaban J connectivity index is 1.68. The van der Waals surface area contributed by atoms with Crippen LogP contribution in [0.1, 0.15) is 38.3 Å². The van der Waals surface area contributed by atoms with Crippen molar-refractivity contribution < 1.29 is 19.2 Å². The van der Waals surface area contributed by atoms with Crippen LogP contribution in [-0.2, 0) is 4.79 Å². The van der Waals surface area contributed by atoms with Gasteiger partial charge in [0.1, 0.15) is 6.04 Å². The zero-order chi connectivity index (χ0) is 24.9. The molecule has 0 fully saturated rings. The molecule has 1 atom stereocenters. The molecular weight excluding hydrogens is 450 g/mol. The first-order valence-corrected chi connectivity index (χ1v) is 11.2. The van der Waals surface area contributed by atoms with Crippen LogP contribution in [0.15, 0.2) is 53.7 Å². The number of hydrogen-bond acceptors (Lipinski definition) is 8. The van der Waals surface area contributed by atoms with E-state index in [0.29, 0.717) is 47.2 Å². The number of rotatable bonds is 5. The SMILES string of the molecule is COc1ccc(C2C3=C(CC(C)(C)CC3=O)Nc3nc(-c4cccc([N+](=O)[O-])c4)nn32)cc1OC. The van der Waals surface area contributed by atoms with Crippen molar-refractivity contribution in [3.63, 3.8) is 0 Å². The lowest BCUT2D eigenvalue weighted by Crippen LogP contribution is -2.36. The third-order valence-electron chi connectivity index (χ3n) is 6.37. The molecule has 1 aliphatic carbocycles. The molecule has 1 aromatic heterocycles. The Bertz CT molecular complexity index is 1390. The molecule has 5 rings (SSSR count). The van der Waals surface area contributed by atoms with E-state index in [0.717, 1.165) is 11.3 Å². The number of non-ortho nitro benzene ring substituents is 1. The molecular formula is C25H25N5O5. The summed E-state index contributed by atoms with van der Waals surface area (Å²) in [4.78, 5) is 28.9. The van der Waals surface area contributed by atoms with Crippen LogP contribution in [0.5, 0.6) is 11.5 Å². The fourth-order valence-corrected chi connectivity index (χ4v) is 4.82. The number of nitro benzene ring substituents is 1. The van der Waals surface area contributed by atoms with E-state index in [1.807, 2.05) is 12.1 Å². The van der Waals surface area contributed by atoms with Crippen molar-refractivity contribution in [2.75, 3.05) is 19.5 Å². The second-order valence-electron chi connectivity index (χ2n) is 9.49. The summed E-state index contributed by atoms with van der Waals surface area (Å²) in [6, 6.07) is 11.2. The number of Topliss-reactive ketones (excluding diaryl/α,β-unsaturated/α-hetero) is 1. The molecule has 1 unspecified atom stereocenters. The van der Waals surface area contributed by atoms with Gasteiger partial charge in [0, 0.05) is 35.4 Å². The average Bonchev–Trinajstić information content (AvgIpc) is 3.25. The van der Waals surface area contributed by atoms with Crippen LogP contribution in [0.25, 0.3) is 11.4 Å². The van der Waals surface area contributed by atoms with Crippen molar-refractivity contribution in [3.05, 3.63) is 69.4 Å². The van der Waals surface area contributed by atoms with Crippen molar-refractivity contribution in [1.29, 1.82) is 0 Å². The predicted molar refractivity (Wildman–Crippen MR) is 128 cm³/mol. The van der Waals surface area contributed by atoms with Gasteiger partial charge in [0.15, 0.2) is 23.1 Å². The normalized spacial score (nSPS) is 18.4. The molecule has 0 bridgehead atoms. The van der Waals surface area contributed by atoms with Crippen LogP contribution >= 0.6 is 0 Å². The van der Waals surface area contributed by atoms with E-state index in [-0.39, 0.29) is 16.9 Å². The fourth-order valence-electron chi connectivity index (χ4n) is 4.82. The van der Waals surface area contributed by atoms with E-state index in [2.05, 4.69) is 24.1 Å². The number of fused-ring (bicyclic) bond motifs is 1. The average molecular weight is 476 g/mol. The third-order valence-corrected chi connectivity index (χ3v) is 6.37. The minimum Gasteiger partial charge on any atom is -0.493 e. The molecule has 0 spiro atoms. The van der Waals surface area contributed by atoms with Crippen LogP contribution in [0, 0.1) is 15.5 Å². The second-order valence-corrected chi connectivity index (χ2v) is 9.49.